The van der Waals surface area contributed by atoms with Crippen LogP contribution in [0.2, 0.25) is 0 Å². The van der Waals surface area contributed by atoms with Crippen molar-refractivity contribution in [2.75, 3.05) is 13.7 Å². The zero-order chi connectivity index (χ0) is 13.0. The van der Waals surface area contributed by atoms with Crippen LogP contribution in [-0.4, -0.2) is 36.6 Å². The molecule has 18 heavy (non-hydrogen) atoms. The normalized spacial score (nSPS) is 16.6. The number of carbonyl (C=O) groups excluding carboxylic acids is 1. The van der Waals surface area contributed by atoms with Gasteiger partial charge in [0.15, 0.2) is 0 Å². The molecular formula is C13H20N2O3. The Morgan fingerprint density at radius 2 is 2.44 bits per heavy atom. The molecule has 0 radical (unpaired) electrons. The van der Waals surface area contributed by atoms with Gasteiger partial charge in [0.05, 0.1) is 25.3 Å². The minimum Gasteiger partial charge on any atom is -0.467 e. The Bertz CT molecular complexity index is 370. The van der Waals surface area contributed by atoms with Gasteiger partial charge in [-0.15, -0.1) is 0 Å². The highest BCUT2D eigenvalue weighted by atomic mass is 16.5. The van der Waals surface area contributed by atoms with Gasteiger partial charge in [0, 0.05) is 19.7 Å². The minimum absolute atomic E-state index is 0.0891. The Morgan fingerprint density at radius 3 is 2.94 bits per heavy atom. The fraction of sp³-hybridized carbons (Fsp3) is 0.615. The molecule has 5 heteroatoms. The van der Waals surface area contributed by atoms with Crippen LogP contribution in [0.1, 0.15) is 25.0 Å². The third-order valence-corrected chi connectivity index (χ3v) is 3.21. The molecule has 1 heterocycles. The molecule has 0 bridgehead atoms. The number of rotatable bonds is 7. The minimum atomic E-state index is -0.199. The Balaban J connectivity index is 1.94. The Hall–Kier alpha value is -1.33. The number of hydrogen-bond donors (Lipinski definition) is 1. The number of nitrogens with two attached hydrogens (primary N) is 1. The van der Waals surface area contributed by atoms with Crippen LogP contribution >= 0.6 is 0 Å². The molecule has 1 saturated carbocycles. The second-order valence-electron chi connectivity index (χ2n) is 4.63. The van der Waals surface area contributed by atoms with E-state index in [-0.39, 0.29) is 12.0 Å². The van der Waals surface area contributed by atoms with Crippen LogP contribution in [0, 0.1) is 0 Å². The third kappa shape index (κ3) is 3.34. The number of furan rings is 1. The second-order valence-corrected chi connectivity index (χ2v) is 4.63. The predicted octanol–water partition coefficient (Wildman–Crippen LogP) is 1.13. The zero-order valence-electron chi connectivity index (χ0n) is 10.7. The van der Waals surface area contributed by atoms with Gasteiger partial charge in [0.25, 0.3) is 0 Å². The van der Waals surface area contributed by atoms with E-state index in [1.165, 1.54) is 0 Å². The molecule has 0 aromatic carbocycles. The summed E-state index contributed by atoms with van der Waals surface area (Å²) in [7, 11) is 1.58. The molecule has 1 amide bonds. The van der Waals surface area contributed by atoms with Crippen LogP contribution in [0.4, 0.5) is 0 Å². The lowest BCUT2D eigenvalue weighted by molar-refractivity contribution is -0.135. The van der Waals surface area contributed by atoms with Crippen LogP contribution in [0.25, 0.3) is 0 Å². The van der Waals surface area contributed by atoms with E-state index in [2.05, 4.69) is 0 Å². The van der Waals surface area contributed by atoms with Crippen molar-refractivity contribution in [3.8, 4) is 0 Å². The second kappa shape index (κ2) is 6.02. The first kappa shape index (κ1) is 13.1. The Labute approximate surface area is 107 Å². The Morgan fingerprint density at radius 1 is 1.67 bits per heavy atom. The maximum Gasteiger partial charge on any atom is 0.225 e. The highest BCUT2D eigenvalue weighted by Crippen LogP contribution is 2.29. The standard InChI is InChI=1S/C13H20N2O3/c1-17-12(8-14)7-13(16)15(10-4-5-10)9-11-3-2-6-18-11/h2-3,6,10,12H,4-5,7-9,14H2,1H3. The van der Waals surface area contributed by atoms with Gasteiger partial charge in [-0.25, -0.2) is 0 Å². The fourth-order valence-electron chi connectivity index (χ4n) is 1.95. The number of hydrogen-bond acceptors (Lipinski definition) is 4. The predicted molar refractivity (Wildman–Crippen MR) is 66.7 cm³/mol. The first-order valence-corrected chi connectivity index (χ1v) is 6.29. The summed E-state index contributed by atoms with van der Waals surface area (Å²) >= 11 is 0. The maximum atomic E-state index is 12.2. The van der Waals surface area contributed by atoms with E-state index < -0.39 is 0 Å². The number of ether oxygens (including phenoxy) is 1. The van der Waals surface area contributed by atoms with E-state index in [0.717, 1.165) is 18.6 Å². The monoisotopic (exact) mass is 252 g/mol. The van der Waals surface area contributed by atoms with Crippen molar-refractivity contribution in [1.82, 2.24) is 4.90 Å². The highest BCUT2D eigenvalue weighted by Gasteiger charge is 2.33. The fourth-order valence-corrected chi connectivity index (χ4v) is 1.95. The van der Waals surface area contributed by atoms with Crippen molar-refractivity contribution in [2.45, 2.75) is 38.0 Å². The van der Waals surface area contributed by atoms with Crippen LogP contribution in [0.3, 0.4) is 0 Å². The average molecular weight is 252 g/mol. The van der Waals surface area contributed by atoms with Gasteiger partial charge >= 0.3 is 0 Å². The van der Waals surface area contributed by atoms with Crippen LogP contribution in [0.5, 0.6) is 0 Å². The summed E-state index contributed by atoms with van der Waals surface area (Å²) in [5.41, 5.74) is 5.55. The summed E-state index contributed by atoms with van der Waals surface area (Å²) in [6.45, 7) is 0.902. The first-order valence-electron chi connectivity index (χ1n) is 6.29. The number of amides is 1. The lowest BCUT2D eigenvalue weighted by Gasteiger charge is -2.23. The van der Waals surface area contributed by atoms with Gasteiger partial charge < -0.3 is 19.8 Å². The van der Waals surface area contributed by atoms with E-state index in [1.807, 2.05) is 17.0 Å². The zero-order valence-corrected chi connectivity index (χ0v) is 10.7. The summed E-state index contributed by atoms with van der Waals surface area (Å²) in [6.07, 6.45) is 3.92. The molecule has 0 saturated heterocycles. The summed E-state index contributed by atoms with van der Waals surface area (Å²) in [6, 6.07) is 4.08. The molecule has 2 N–H and O–H groups in total. The van der Waals surface area contributed by atoms with Crippen LogP contribution < -0.4 is 5.73 Å². The van der Waals surface area contributed by atoms with Gasteiger partial charge in [-0.1, -0.05) is 0 Å². The first-order chi connectivity index (χ1) is 8.74. The van der Waals surface area contributed by atoms with Crippen molar-refractivity contribution in [2.24, 2.45) is 5.73 Å². The van der Waals surface area contributed by atoms with Gasteiger partial charge in [0.1, 0.15) is 5.76 Å². The summed E-state index contributed by atoms with van der Waals surface area (Å²) < 4.78 is 10.5. The molecule has 1 fully saturated rings. The van der Waals surface area contributed by atoms with Crippen molar-refractivity contribution in [3.63, 3.8) is 0 Å². The van der Waals surface area contributed by atoms with Crippen LogP contribution in [-0.2, 0) is 16.1 Å². The van der Waals surface area contributed by atoms with Gasteiger partial charge in [0.2, 0.25) is 5.91 Å². The topological polar surface area (TPSA) is 68.7 Å². The SMILES string of the molecule is COC(CN)CC(=O)N(Cc1ccco1)C1CC1. The molecule has 1 aliphatic carbocycles. The quantitative estimate of drug-likeness (QED) is 0.790. The summed E-state index contributed by atoms with van der Waals surface area (Å²) in [4.78, 5) is 14.1. The number of nitrogens with zero attached hydrogens (tertiary/aromatic N) is 1. The molecule has 5 nitrogen and oxygen atoms in total. The summed E-state index contributed by atoms with van der Waals surface area (Å²) in [5, 5.41) is 0. The molecule has 2 rings (SSSR count). The van der Waals surface area contributed by atoms with Crippen molar-refractivity contribution in [1.29, 1.82) is 0 Å². The molecule has 1 aliphatic rings. The number of carbonyl (C=O) groups is 1. The lowest BCUT2D eigenvalue weighted by Crippen LogP contribution is -2.37. The van der Waals surface area contributed by atoms with Gasteiger partial charge in [-0.3, -0.25) is 4.79 Å². The largest absolute Gasteiger partial charge is 0.467 e. The molecule has 1 aromatic heterocycles. The van der Waals surface area contributed by atoms with Crippen LogP contribution in [0.15, 0.2) is 22.8 Å². The van der Waals surface area contributed by atoms with Crippen molar-refractivity contribution >= 4 is 5.91 Å². The molecule has 0 aliphatic heterocycles. The highest BCUT2D eigenvalue weighted by molar-refractivity contribution is 5.77. The smallest absolute Gasteiger partial charge is 0.225 e. The Kier molecular flexibility index (Phi) is 4.38. The molecule has 0 spiro atoms. The van der Waals surface area contributed by atoms with Crippen molar-refractivity contribution in [3.05, 3.63) is 24.2 Å². The van der Waals surface area contributed by atoms with E-state index >= 15 is 0 Å². The molecule has 1 aromatic rings. The molecule has 1 unspecified atom stereocenters. The molecular weight excluding hydrogens is 232 g/mol. The van der Waals surface area contributed by atoms with Gasteiger partial charge in [-0.05, 0) is 25.0 Å². The molecule has 100 valence electrons. The van der Waals surface area contributed by atoms with E-state index in [0.29, 0.717) is 25.6 Å². The number of methoxy groups -OCH3 is 1. The van der Waals surface area contributed by atoms with E-state index in [9.17, 15) is 4.79 Å². The van der Waals surface area contributed by atoms with E-state index in [1.54, 1.807) is 13.4 Å². The van der Waals surface area contributed by atoms with Gasteiger partial charge in [-0.2, -0.15) is 0 Å². The molecule has 1 atom stereocenters. The average Bonchev–Trinajstić information content (AvgIpc) is 3.09. The maximum absolute atomic E-state index is 12.2. The van der Waals surface area contributed by atoms with Crippen molar-refractivity contribution < 1.29 is 13.9 Å². The third-order valence-electron chi connectivity index (χ3n) is 3.21. The van der Waals surface area contributed by atoms with E-state index in [4.69, 9.17) is 14.9 Å². The summed E-state index contributed by atoms with van der Waals surface area (Å²) in [5.74, 6) is 0.906. The lowest BCUT2D eigenvalue weighted by atomic mass is 10.2.